The van der Waals surface area contributed by atoms with Crippen molar-refractivity contribution < 1.29 is 0 Å². The highest BCUT2D eigenvalue weighted by atomic mass is 14.5. The quantitative estimate of drug-likeness (QED) is 0.520. The van der Waals surface area contributed by atoms with Gasteiger partial charge in [0.1, 0.15) is 0 Å². The lowest BCUT2D eigenvalue weighted by Gasteiger charge is -1.90. The van der Waals surface area contributed by atoms with Crippen LogP contribution in [-0.2, 0) is 0 Å². The molecule has 0 bridgehead atoms. The number of rotatable bonds is 3. The van der Waals surface area contributed by atoms with Gasteiger partial charge < -0.3 is 5.73 Å². The van der Waals surface area contributed by atoms with Crippen LogP contribution in [0.5, 0.6) is 0 Å². The number of allylic oxidation sites excluding steroid dienone is 2. The zero-order valence-corrected chi connectivity index (χ0v) is 4.43. The zero-order valence-electron chi connectivity index (χ0n) is 4.43. The predicted molar refractivity (Wildman–Crippen MR) is 30.9 cm³/mol. The summed E-state index contributed by atoms with van der Waals surface area (Å²) >= 11 is 0. The van der Waals surface area contributed by atoms with Gasteiger partial charge in [-0.3, -0.25) is 0 Å². The Balaban J connectivity index is 1.81. The van der Waals surface area contributed by atoms with Crippen molar-refractivity contribution in [1.82, 2.24) is 0 Å². The Hall–Kier alpha value is -0.300. The highest BCUT2D eigenvalue weighted by Crippen LogP contribution is 2.20. The van der Waals surface area contributed by atoms with Crippen molar-refractivity contribution in [3.63, 3.8) is 0 Å². The third kappa shape index (κ3) is 1.74. The molecule has 40 valence electrons. The first-order valence-corrected chi connectivity index (χ1v) is 2.82. The number of nitrogens with two attached hydrogens (primary N) is 1. The van der Waals surface area contributed by atoms with Gasteiger partial charge in [0, 0.05) is 0 Å². The maximum atomic E-state index is 5.28. The van der Waals surface area contributed by atoms with E-state index in [1.165, 1.54) is 12.8 Å². The SMILES string of the molecule is NCCCC1C=C1. The fraction of sp³-hybridized carbons (Fsp3) is 0.667. The van der Waals surface area contributed by atoms with E-state index in [2.05, 4.69) is 12.2 Å². The van der Waals surface area contributed by atoms with E-state index in [0.717, 1.165) is 12.5 Å². The van der Waals surface area contributed by atoms with Gasteiger partial charge in [0.25, 0.3) is 0 Å². The molecule has 1 aliphatic carbocycles. The smallest absolute Gasteiger partial charge is 0.00526 e. The second-order valence-electron chi connectivity index (χ2n) is 1.98. The van der Waals surface area contributed by atoms with E-state index >= 15 is 0 Å². The second-order valence-corrected chi connectivity index (χ2v) is 1.98. The summed E-state index contributed by atoms with van der Waals surface area (Å²) in [5, 5.41) is 0. The van der Waals surface area contributed by atoms with Gasteiger partial charge in [-0.05, 0) is 25.3 Å². The van der Waals surface area contributed by atoms with Crippen LogP contribution in [0.4, 0.5) is 0 Å². The van der Waals surface area contributed by atoms with Crippen LogP contribution in [0.25, 0.3) is 0 Å². The summed E-state index contributed by atoms with van der Waals surface area (Å²) in [6.45, 7) is 0.845. The van der Waals surface area contributed by atoms with Crippen LogP contribution in [-0.4, -0.2) is 6.54 Å². The molecule has 0 heterocycles. The Morgan fingerprint density at radius 1 is 1.43 bits per heavy atom. The molecule has 1 nitrogen and oxygen atoms in total. The Bertz CT molecular complexity index is 70.2. The molecule has 0 saturated heterocycles. The van der Waals surface area contributed by atoms with Crippen molar-refractivity contribution in [1.29, 1.82) is 0 Å². The van der Waals surface area contributed by atoms with Crippen LogP contribution in [0.15, 0.2) is 12.2 Å². The molecule has 0 saturated carbocycles. The van der Waals surface area contributed by atoms with Crippen molar-refractivity contribution in [2.45, 2.75) is 12.8 Å². The summed E-state index contributed by atoms with van der Waals surface area (Å²) in [7, 11) is 0. The van der Waals surface area contributed by atoms with Crippen LogP contribution < -0.4 is 5.73 Å². The van der Waals surface area contributed by atoms with Gasteiger partial charge in [0.05, 0.1) is 0 Å². The monoisotopic (exact) mass is 97.1 g/mol. The van der Waals surface area contributed by atoms with E-state index in [-0.39, 0.29) is 0 Å². The Morgan fingerprint density at radius 3 is 2.57 bits per heavy atom. The first-order valence-electron chi connectivity index (χ1n) is 2.82. The topological polar surface area (TPSA) is 26.0 Å². The summed E-state index contributed by atoms with van der Waals surface area (Å²) in [6.07, 6.45) is 6.89. The highest BCUT2D eigenvalue weighted by molar-refractivity contribution is 5.12. The molecule has 0 aromatic rings. The predicted octanol–water partition coefficient (Wildman–Crippen LogP) is 0.911. The van der Waals surface area contributed by atoms with Crippen LogP contribution in [0.3, 0.4) is 0 Å². The first kappa shape index (κ1) is 4.85. The normalized spacial score (nSPS) is 17.9. The highest BCUT2D eigenvalue weighted by Gasteiger charge is 2.07. The van der Waals surface area contributed by atoms with Crippen molar-refractivity contribution >= 4 is 0 Å². The van der Waals surface area contributed by atoms with Crippen molar-refractivity contribution in [2.75, 3.05) is 6.54 Å². The molecule has 1 heteroatoms. The van der Waals surface area contributed by atoms with Gasteiger partial charge in [0.15, 0.2) is 0 Å². The molecular formula is C6H11N. The van der Waals surface area contributed by atoms with E-state index in [0.29, 0.717) is 0 Å². The lowest BCUT2D eigenvalue weighted by molar-refractivity contribution is 0.710. The molecule has 1 aliphatic rings. The molecule has 0 unspecified atom stereocenters. The largest absolute Gasteiger partial charge is 0.330 e. The van der Waals surface area contributed by atoms with Crippen LogP contribution in [0.1, 0.15) is 12.8 Å². The Labute approximate surface area is 44.2 Å². The summed E-state index contributed by atoms with van der Waals surface area (Å²) in [5.41, 5.74) is 5.28. The number of hydrogen-bond donors (Lipinski definition) is 1. The molecule has 0 radical (unpaired) electrons. The Kier molecular flexibility index (Phi) is 1.47. The van der Waals surface area contributed by atoms with Crippen LogP contribution in [0.2, 0.25) is 0 Å². The van der Waals surface area contributed by atoms with E-state index in [1.54, 1.807) is 0 Å². The van der Waals surface area contributed by atoms with Gasteiger partial charge in [-0.15, -0.1) is 0 Å². The summed E-state index contributed by atoms with van der Waals surface area (Å²) in [5.74, 6) is 0.823. The number of hydrogen-bond acceptors (Lipinski definition) is 1. The van der Waals surface area contributed by atoms with Gasteiger partial charge in [-0.1, -0.05) is 12.2 Å². The molecule has 7 heavy (non-hydrogen) atoms. The minimum atomic E-state index is 0.823. The molecule has 0 aromatic heterocycles. The van der Waals surface area contributed by atoms with E-state index in [4.69, 9.17) is 5.73 Å². The minimum Gasteiger partial charge on any atom is -0.330 e. The maximum absolute atomic E-state index is 5.28. The molecule has 0 atom stereocenters. The molecule has 2 N–H and O–H groups in total. The van der Waals surface area contributed by atoms with E-state index < -0.39 is 0 Å². The second kappa shape index (κ2) is 2.12. The average Bonchev–Trinajstić information content (AvgIpc) is 2.42. The molecular weight excluding hydrogens is 86.1 g/mol. The summed E-state index contributed by atoms with van der Waals surface area (Å²) in [6, 6.07) is 0. The van der Waals surface area contributed by atoms with Crippen molar-refractivity contribution in [3.8, 4) is 0 Å². The summed E-state index contributed by atoms with van der Waals surface area (Å²) < 4.78 is 0. The molecule has 1 rings (SSSR count). The third-order valence-electron chi connectivity index (χ3n) is 1.21. The first-order chi connectivity index (χ1) is 3.43. The Morgan fingerprint density at radius 2 is 2.14 bits per heavy atom. The van der Waals surface area contributed by atoms with E-state index in [9.17, 15) is 0 Å². The average molecular weight is 97.2 g/mol. The van der Waals surface area contributed by atoms with Crippen LogP contribution in [0, 0.1) is 5.92 Å². The molecule has 0 aromatic carbocycles. The van der Waals surface area contributed by atoms with Crippen molar-refractivity contribution in [2.24, 2.45) is 11.7 Å². The maximum Gasteiger partial charge on any atom is -0.00526 e. The van der Waals surface area contributed by atoms with Gasteiger partial charge in [-0.2, -0.15) is 0 Å². The molecule has 0 spiro atoms. The van der Waals surface area contributed by atoms with Gasteiger partial charge >= 0.3 is 0 Å². The lowest BCUT2D eigenvalue weighted by atomic mass is 10.2. The lowest BCUT2D eigenvalue weighted by Crippen LogP contribution is -1.98. The molecule has 0 amide bonds. The fourth-order valence-electron chi connectivity index (χ4n) is 0.625. The van der Waals surface area contributed by atoms with Gasteiger partial charge in [-0.25, -0.2) is 0 Å². The fourth-order valence-corrected chi connectivity index (χ4v) is 0.625. The molecule has 0 fully saturated rings. The van der Waals surface area contributed by atoms with Crippen molar-refractivity contribution in [3.05, 3.63) is 12.2 Å². The summed E-state index contributed by atoms with van der Waals surface area (Å²) in [4.78, 5) is 0. The van der Waals surface area contributed by atoms with Crippen LogP contribution >= 0.6 is 0 Å². The molecule has 0 aliphatic heterocycles. The third-order valence-corrected chi connectivity index (χ3v) is 1.21. The standard InChI is InChI=1S/C6H11N/c7-5-1-2-6-3-4-6/h3-4,6H,1-2,5,7H2. The van der Waals surface area contributed by atoms with E-state index in [1.807, 2.05) is 0 Å². The van der Waals surface area contributed by atoms with Gasteiger partial charge in [0.2, 0.25) is 0 Å². The minimum absolute atomic E-state index is 0.823. The zero-order chi connectivity index (χ0) is 5.11.